The van der Waals surface area contributed by atoms with Crippen LogP contribution in [0.15, 0.2) is 23.5 Å². The summed E-state index contributed by atoms with van der Waals surface area (Å²) in [6.07, 6.45) is 4.18. The van der Waals surface area contributed by atoms with Gasteiger partial charge in [-0.25, -0.2) is 9.97 Å². The van der Waals surface area contributed by atoms with Gasteiger partial charge in [-0.15, -0.1) is 0 Å². The topological polar surface area (TPSA) is 106 Å². The van der Waals surface area contributed by atoms with Gasteiger partial charge in [0.1, 0.15) is 18.5 Å². The first kappa shape index (κ1) is 16.3. The molecule has 128 valence electrons. The Hall–Kier alpha value is -2.55. The summed E-state index contributed by atoms with van der Waals surface area (Å²) in [7, 11) is 0. The summed E-state index contributed by atoms with van der Waals surface area (Å²) in [6, 6.07) is 1.11. The molecular weight excluding hydrogens is 312 g/mol. The van der Waals surface area contributed by atoms with E-state index in [0.29, 0.717) is 50.7 Å². The maximum Gasteiger partial charge on any atom is 0.251 e. The monoisotopic (exact) mass is 332 g/mol. The summed E-state index contributed by atoms with van der Waals surface area (Å²) in [4.78, 5) is 36.9. The SMILES string of the molecule is Cc1nc([C@H]2COCCN2C(=O)CCCn2cncn2)cc(=O)[nH]1. The third-order valence-electron chi connectivity index (χ3n) is 3.91. The third-order valence-corrected chi connectivity index (χ3v) is 3.91. The molecule has 0 radical (unpaired) electrons. The molecule has 2 aromatic heterocycles. The lowest BCUT2D eigenvalue weighted by molar-refractivity contribution is -0.140. The highest BCUT2D eigenvalue weighted by Crippen LogP contribution is 2.23. The molecule has 3 heterocycles. The molecule has 0 aliphatic carbocycles. The fraction of sp³-hybridized carbons (Fsp3) is 0.533. The molecule has 1 saturated heterocycles. The van der Waals surface area contributed by atoms with Gasteiger partial charge in [-0.2, -0.15) is 5.10 Å². The fourth-order valence-corrected chi connectivity index (χ4v) is 2.80. The van der Waals surface area contributed by atoms with Gasteiger partial charge in [0.05, 0.1) is 24.9 Å². The number of hydrogen-bond acceptors (Lipinski definition) is 6. The lowest BCUT2D eigenvalue weighted by Crippen LogP contribution is -2.44. The number of aryl methyl sites for hydroxylation is 2. The molecule has 1 amide bonds. The Morgan fingerprint density at radius 2 is 2.38 bits per heavy atom. The van der Waals surface area contributed by atoms with Crippen LogP contribution in [-0.2, 0) is 16.1 Å². The van der Waals surface area contributed by atoms with Crippen LogP contribution in [0.5, 0.6) is 0 Å². The summed E-state index contributed by atoms with van der Waals surface area (Å²) >= 11 is 0. The maximum atomic E-state index is 12.6. The predicted octanol–water partition coefficient (Wildman–Crippen LogP) is 0.0501. The zero-order valence-corrected chi connectivity index (χ0v) is 13.5. The van der Waals surface area contributed by atoms with Gasteiger partial charge in [-0.3, -0.25) is 14.3 Å². The third kappa shape index (κ3) is 3.85. The molecule has 0 unspecified atom stereocenters. The Morgan fingerprint density at radius 3 is 3.12 bits per heavy atom. The van der Waals surface area contributed by atoms with E-state index in [1.54, 1.807) is 22.8 Å². The van der Waals surface area contributed by atoms with E-state index < -0.39 is 0 Å². The number of rotatable bonds is 5. The van der Waals surface area contributed by atoms with Crippen molar-refractivity contribution in [3.8, 4) is 0 Å². The number of amides is 1. The molecule has 0 spiro atoms. The van der Waals surface area contributed by atoms with E-state index in [0.717, 1.165) is 0 Å². The molecule has 24 heavy (non-hydrogen) atoms. The van der Waals surface area contributed by atoms with E-state index in [9.17, 15) is 9.59 Å². The minimum Gasteiger partial charge on any atom is -0.377 e. The normalized spacial score (nSPS) is 17.9. The first-order valence-electron chi connectivity index (χ1n) is 7.91. The minimum atomic E-state index is -0.321. The van der Waals surface area contributed by atoms with E-state index in [2.05, 4.69) is 20.1 Å². The zero-order valence-electron chi connectivity index (χ0n) is 13.5. The molecule has 1 aliphatic heterocycles. The summed E-state index contributed by atoms with van der Waals surface area (Å²) in [5, 5.41) is 4.02. The van der Waals surface area contributed by atoms with Crippen LogP contribution in [-0.4, -0.2) is 55.3 Å². The lowest BCUT2D eigenvalue weighted by Gasteiger charge is -2.35. The number of ether oxygens (including phenoxy) is 1. The van der Waals surface area contributed by atoms with Crippen molar-refractivity contribution >= 4 is 5.91 Å². The summed E-state index contributed by atoms with van der Waals surface area (Å²) < 4.78 is 7.19. The van der Waals surface area contributed by atoms with Crippen molar-refractivity contribution in [2.24, 2.45) is 0 Å². The van der Waals surface area contributed by atoms with Gasteiger partial charge in [0.25, 0.3) is 5.56 Å². The quantitative estimate of drug-likeness (QED) is 0.829. The number of nitrogens with one attached hydrogen (secondary N) is 1. The summed E-state index contributed by atoms with van der Waals surface area (Å²) in [5.74, 6) is 0.560. The van der Waals surface area contributed by atoms with Crippen molar-refractivity contribution in [1.29, 1.82) is 0 Å². The van der Waals surface area contributed by atoms with Crippen LogP contribution in [0.3, 0.4) is 0 Å². The second-order valence-corrected chi connectivity index (χ2v) is 5.70. The van der Waals surface area contributed by atoms with Gasteiger partial charge in [-0.1, -0.05) is 0 Å². The van der Waals surface area contributed by atoms with E-state index in [4.69, 9.17) is 4.74 Å². The molecule has 3 rings (SSSR count). The van der Waals surface area contributed by atoms with Crippen LogP contribution in [0.1, 0.15) is 30.4 Å². The highest BCUT2D eigenvalue weighted by atomic mass is 16.5. The van der Waals surface area contributed by atoms with Crippen molar-refractivity contribution in [1.82, 2.24) is 29.6 Å². The fourth-order valence-electron chi connectivity index (χ4n) is 2.80. The van der Waals surface area contributed by atoms with Crippen LogP contribution < -0.4 is 5.56 Å². The Labute approximate surface area is 138 Å². The van der Waals surface area contributed by atoms with Gasteiger partial charge in [-0.05, 0) is 13.3 Å². The largest absolute Gasteiger partial charge is 0.377 e. The molecule has 1 fully saturated rings. The van der Waals surface area contributed by atoms with Crippen LogP contribution in [0, 0.1) is 6.92 Å². The number of H-pyrrole nitrogens is 1. The molecule has 0 bridgehead atoms. The highest BCUT2D eigenvalue weighted by molar-refractivity contribution is 5.76. The van der Waals surface area contributed by atoms with Crippen molar-refractivity contribution in [2.75, 3.05) is 19.8 Å². The van der Waals surface area contributed by atoms with Gasteiger partial charge < -0.3 is 14.6 Å². The van der Waals surface area contributed by atoms with Crippen molar-refractivity contribution in [3.05, 3.63) is 40.6 Å². The lowest BCUT2D eigenvalue weighted by atomic mass is 10.1. The van der Waals surface area contributed by atoms with E-state index >= 15 is 0 Å². The van der Waals surface area contributed by atoms with Crippen LogP contribution in [0.4, 0.5) is 0 Å². The molecule has 9 heteroatoms. The van der Waals surface area contributed by atoms with Crippen molar-refractivity contribution in [2.45, 2.75) is 32.4 Å². The van der Waals surface area contributed by atoms with Crippen LogP contribution in [0.2, 0.25) is 0 Å². The Balaban J connectivity index is 1.67. The number of carbonyl (C=O) groups excluding carboxylic acids is 1. The zero-order chi connectivity index (χ0) is 16.9. The summed E-state index contributed by atoms with van der Waals surface area (Å²) in [5.41, 5.74) is 0.349. The summed E-state index contributed by atoms with van der Waals surface area (Å²) in [6.45, 7) is 3.71. The first-order chi connectivity index (χ1) is 11.6. The first-order valence-corrected chi connectivity index (χ1v) is 7.91. The molecule has 9 nitrogen and oxygen atoms in total. The van der Waals surface area contributed by atoms with Crippen molar-refractivity contribution < 1.29 is 9.53 Å². The predicted molar refractivity (Wildman–Crippen MR) is 84.1 cm³/mol. The van der Waals surface area contributed by atoms with Gasteiger partial charge >= 0.3 is 0 Å². The smallest absolute Gasteiger partial charge is 0.251 e. The molecule has 1 aliphatic rings. The number of nitrogens with zero attached hydrogens (tertiary/aromatic N) is 5. The number of hydrogen-bond donors (Lipinski definition) is 1. The minimum absolute atomic E-state index is 0.0307. The molecule has 1 N–H and O–H groups in total. The Bertz CT molecular complexity index is 742. The van der Waals surface area contributed by atoms with Gasteiger partial charge in [0.2, 0.25) is 5.91 Å². The standard InChI is InChI=1S/C15H20N6O3/c1-11-18-12(7-14(22)19-11)13-8-24-6-5-21(13)15(23)3-2-4-20-10-16-9-17-20/h7,9-10,13H,2-6,8H2,1H3,(H,18,19,22)/t13-/m1/s1. The molecular formula is C15H20N6O3. The molecule has 2 aromatic rings. The van der Waals surface area contributed by atoms with Crippen molar-refractivity contribution in [3.63, 3.8) is 0 Å². The molecule has 0 aromatic carbocycles. The Morgan fingerprint density at radius 1 is 1.50 bits per heavy atom. The average Bonchev–Trinajstić information content (AvgIpc) is 3.07. The van der Waals surface area contributed by atoms with Crippen LogP contribution in [0.25, 0.3) is 0 Å². The van der Waals surface area contributed by atoms with Crippen LogP contribution >= 0.6 is 0 Å². The van der Waals surface area contributed by atoms with E-state index in [1.165, 1.54) is 12.4 Å². The second-order valence-electron chi connectivity index (χ2n) is 5.70. The number of aromatic amines is 1. The number of morpholine rings is 1. The number of aromatic nitrogens is 5. The molecule has 0 saturated carbocycles. The average molecular weight is 332 g/mol. The Kier molecular flexibility index (Phi) is 4.99. The van der Waals surface area contributed by atoms with E-state index in [1.807, 2.05) is 0 Å². The van der Waals surface area contributed by atoms with Gasteiger partial charge in [0.15, 0.2) is 0 Å². The maximum absolute atomic E-state index is 12.6. The molecule has 1 atom stereocenters. The highest BCUT2D eigenvalue weighted by Gasteiger charge is 2.29. The van der Waals surface area contributed by atoms with Gasteiger partial charge in [0, 0.05) is 25.6 Å². The number of carbonyl (C=O) groups is 1. The second kappa shape index (κ2) is 7.35. The van der Waals surface area contributed by atoms with E-state index in [-0.39, 0.29) is 17.5 Å².